The monoisotopic (exact) mass is 380 g/mol. The lowest BCUT2D eigenvalue weighted by atomic mass is 10.1. The fraction of sp³-hybridized carbons (Fsp3) is 0.450. The minimum atomic E-state index is -0.137. The average molecular weight is 380 g/mol. The van der Waals surface area contributed by atoms with Crippen molar-refractivity contribution in [3.63, 3.8) is 0 Å². The number of hydrogen-bond acceptors (Lipinski definition) is 6. The molecular weight excluding hydrogens is 356 g/mol. The maximum absolute atomic E-state index is 12.9. The van der Waals surface area contributed by atoms with Crippen molar-refractivity contribution in [1.82, 2.24) is 24.8 Å². The molecule has 0 radical (unpaired) electrons. The Morgan fingerprint density at radius 1 is 0.714 bits per heavy atom. The molecule has 2 aliphatic rings. The summed E-state index contributed by atoms with van der Waals surface area (Å²) in [5.41, 5.74) is 0.677. The number of anilines is 1. The van der Waals surface area contributed by atoms with Crippen molar-refractivity contribution in [1.29, 1.82) is 0 Å². The number of aromatic nitrogens is 3. The van der Waals surface area contributed by atoms with Crippen molar-refractivity contribution in [2.75, 3.05) is 44.2 Å². The molecule has 0 aliphatic carbocycles. The molecule has 2 aliphatic heterocycles. The first kappa shape index (κ1) is 18.3. The first-order valence-corrected chi connectivity index (χ1v) is 9.80. The predicted molar refractivity (Wildman–Crippen MR) is 104 cm³/mol. The highest BCUT2D eigenvalue weighted by atomic mass is 16.2. The summed E-state index contributed by atoms with van der Waals surface area (Å²) in [7, 11) is 0. The van der Waals surface area contributed by atoms with Crippen LogP contribution in [-0.2, 0) is 0 Å². The van der Waals surface area contributed by atoms with Gasteiger partial charge in [0.15, 0.2) is 0 Å². The maximum atomic E-state index is 12.9. The van der Waals surface area contributed by atoms with Gasteiger partial charge in [-0.05, 0) is 37.5 Å². The molecule has 0 saturated carbocycles. The van der Waals surface area contributed by atoms with E-state index in [9.17, 15) is 9.59 Å². The number of pyridine rings is 1. The lowest BCUT2D eigenvalue weighted by molar-refractivity contribution is 0.0716. The summed E-state index contributed by atoms with van der Waals surface area (Å²) in [6.45, 7) is 4.01. The fourth-order valence-electron chi connectivity index (χ4n) is 3.66. The van der Waals surface area contributed by atoms with Gasteiger partial charge >= 0.3 is 0 Å². The second-order valence-electron chi connectivity index (χ2n) is 7.09. The highest BCUT2D eigenvalue weighted by molar-refractivity contribution is 5.96. The number of piperidine rings is 1. The van der Waals surface area contributed by atoms with E-state index in [1.165, 1.54) is 0 Å². The Hall–Kier alpha value is -3.03. The summed E-state index contributed by atoms with van der Waals surface area (Å²) in [6, 6.07) is 6.90. The Morgan fingerprint density at radius 2 is 1.29 bits per heavy atom. The van der Waals surface area contributed by atoms with E-state index in [-0.39, 0.29) is 11.8 Å². The van der Waals surface area contributed by atoms with Gasteiger partial charge in [-0.15, -0.1) is 0 Å². The summed E-state index contributed by atoms with van der Waals surface area (Å²) in [4.78, 5) is 44.1. The minimum absolute atomic E-state index is 0.0830. The van der Waals surface area contributed by atoms with Gasteiger partial charge in [0.25, 0.3) is 11.8 Å². The Balaban J connectivity index is 1.40. The van der Waals surface area contributed by atoms with Crippen LogP contribution in [0.5, 0.6) is 0 Å². The molecule has 0 atom stereocenters. The number of carbonyl (C=O) groups excluding carboxylic acids is 2. The molecule has 2 amide bonds. The molecule has 8 heteroatoms. The second kappa shape index (κ2) is 8.33. The Morgan fingerprint density at radius 3 is 1.89 bits per heavy atom. The van der Waals surface area contributed by atoms with Crippen molar-refractivity contribution in [2.45, 2.75) is 19.3 Å². The largest absolute Gasteiger partial charge is 0.337 e. The van der Waals surface area contributed by atoms with Gasteiger partial charge in [-0.25, -0.2) is 15.0 Å². The standard InChI is InChI=1S/C20H24N6O2/c27-18(24-10-2-1-3-11-24)16-6-4-7-17(23-16)19(28)25-12-14-26(15-13-25)20-21-8-5-9-22-20/h4-9H,1-3,10-15H2. The van der Waals surface area contributed by atoms with Gasteiger partial charge in [0.05, 0.1) is 0 Å². The molecule has 0 aromatic carbocycles. The Kier molecular flexibility index (Phi) is 5.45. The zero-order valence-electron chi connectivity index (χ0n) is 15.8. The molecule has 146 valence electrons. The van der Waals surface area contributed by atoms with Crippen LogP contribution in [0.15, 0.2) is 36.7 Å². The van der Waals surface area contributed by atoms with E-state index in [1.54, 1.807) is 41.6 Å². The van der Waals surface area contributed by atoms with Crippen molar-refractivity contribution < 1.29 is 9.59 Å². The van der Waals surface area contributed by atoms with Crippen LogP contribution in [0.2, 0.25) is 0 Å². The third kappa shape index (κ3) is 3.95. The predicted octanol–water partition coefficient (Wildman–Crippen LogP) is 1.46. The molecule has 4 heterocycles. The van der Waals surface area contributed by atoms with E-state index in [0.29, 0.717) is 43.5 Å². The zero-order valence-corrected chi connectivity index (χ0v) is 15.8. The van der Waals surface area contributed by atoms with Crippen LogP contribution < -0.4 is 4.90 Å². The first-order chi connectivity index (χ1) is 13.7. The quantitative estimate of drug-likeness (QED) is 0.802. The van der Waals surface area contributed by atoms with Crippen molar-refractivity contribution in [3.05, 3.63) is 48.0 Å². The molecule has 2 aromatic heterocycles. The molecule has 0 N–H and O–H groups in total. The van der Waals surface area contributed by atoms with Gasteiger partial charge in [0.2, 0.25) is 5.95 Å². The van der Waals surface area contributed by atoms with Crippen molar-refractivity contribution in [3.8, 4) is 0 Å². The number of carbonyl (C=O) groups is 2. The summed E-state index contributed by atoms with van der Waals surface area (Å²) in [5, 5.41) is 0. The van der Waals surface area contributed by atoms with E-state index in [2.05, 4.69) is 19.9 Å². The maximum Gasteiger partial charge on any atom is 0.272 e. The van der Waals surface area contributed by atoms with Crippen LogP contribution in [0.1, 0.15) is 40.2 Å². The smallest absolute Gasteiger partial charge is 0.272 e. The fourth-order valence-corrected chi connectivity index (χ4v) is 3.66. The molecule has 2 saturated heterocycles. The van der Waals surface area contributed by atoms with Crippen LogP contribution in [0, 0.1) is 0 Å². The number of likely N-dealkylation sites (tertiary alicyclic amines) is 1. The van der Waals surface area contributed by atoms with E-state index in [1.807, 2.05) is 4.90 Å². The lowest BCUT2D eigenvalue weighted by Crippen LogP contribution is -2.49. The van der Waals surface area contributed by atoms with Crippen LogP contribution in [-0.4, -0.2) is 75.8 Å². The third-order valence-corrected chi connectivity index (χ3v) is 5.23. The van der Waals surface area contributed by atoms with Gasteiger partial charge < -0.3 is 14.7 Å². The van der Waals surface area contributed by atoms with Crippen molar-refractivity contribution in [2.24, 2.45) is 0 Å². The van der Waals surface area contributed by atoms with Crippen LogP contribution in [0.3, 0.4) is 0 Å². The van der Waals surface area contributed by atoms with Gasteiger partial charge in [-0.3, -0.25) is 9.59 Å². The SMILES string of the molecule is O=C(c1cccc(C(=O)N2CCN(c3ncccn3)CC2)n1)N1CCCCC1. The number of piperazine rings is 1. The van der Waals surface area contributed by atoms with E-state index in [4.69, 9.17) is 0 Å². The highest BCUT2D eigenvalue weighted by Crippen LogP contribution is 2.15. The van der Waals surface area contributed by atoms with Crippen LogP contribution in [0.25, 0.3) is 0 Å². The van der Waals surface area contributed by atoms with Gasteiger partial charge in [0, 0.05) is 51.7 Å². The van der Waals surface area contributed by atoms with Gasteiger partial charge in [-0.2, -0.15) is 0 Å². The molecule has 2 fully saturated rings. The molecule has 8 nitrogen and oxygen atoms in total. The van der Waals surface area contributed by atoms with Crippen LogP contribution in [0.4, 0.5) is 5.95 Å². The number of rotatable bonds is 3. The van der Waals surface area contributed by atoms with E-state index < -0.39 is 0 Å². The first-order valence-electron chi connectivity index (χ1n) is 9.80. The molecule has 0 unspecified atom stereocenters. The van der Waals surface area contributed by atoms with Crippen LogP contribution >= 0.6 is 0 Å². The average Bonchev–Trinajstić information content (AvgIpc) is 2.79. The molecule has 0 bridgehead atoms. The molecule has 28 heavy (non-hydrogen) atoms. The van der Waals surface area contributed by atoms with Gasteiger partial charge in [0.1, 0.15) is 11.4 Å². The highest BCUT2D eigenvalue weighted by Gasteiger charge is 2.25. The number of amides is 2. The third-order valence-electron chi connectivity index (χ3n) is 5.23. The number of nitrogens with zero attached hydrogens (tertiary/aromatic N) is 6. The molecule has 2 aromatic rings. The lowest BCUT2D eigenvalue weighted by Gasteiger charge is -2.34. The number of hydrogen-bond donors (Lipinski definition) is 0. The molecule has 4 rings (SSSR count). The molecule has 0 spiro atoms. The van der Waals surface area contributed by atoms with E-state index >= 15 is 0 Å². The topological polar surface area (TPSA) is 82.5 Å². The van der Waals surface area contributed by atoms with E-state index in [0.717, 1.165) is 32.4 Å². The van der Waals surface area contributed by atoms with Gasteiger partial charge in [-0.1, -0.05) is 6.07 Å². The summed E-state index contributed by atoms with van der Waals surface area (Å²) in [5.74, 6) is 0.462. The summed E-state index contributed by atoms with van der Waals surface area (Å²) in [6.07, 6.45) is 6.65. The molecular formula is C20H24N6O2. The Labute approximate surface area is 164 Å². The normalized spacial score (nSPS) is 17.5. The Bertz CT molecular complexity index is 830. The summed E-state index contributed by atoms with van der Waals surface area (Å²) < 4.78 is 0. The summed E-state index contributed by atoms with van der Waals surface area (Å²) >= 11 is 0. The minimum Gasteiger partial charge on any atom is -0.337 e. The van der Waals surface area contributed by atoms with Crippen molar-refractivity contribution >= 4 is 17.8 Å². The zero-order chi connectivity index (χ0) is 19.3. The second-order valence-corrected chi connectivity index (χ2v) is 7.09.